The van der Waals surface area contributed by atoms with Crippen molar-refractivity contribution in [1.82, 2.24) is 19.8 Å². The summed E-state index contributed by atoms with van der Waals surface area (Å²) >= 11 is 0. The summed E-state index contributed by atoms with van der Waals surface area (Å²) in [6.07, 6.45) is 3.53. The van der Waals surface area contributed by atoms with E-state index in [1.807, 2.05) is 6.07 Å². The third kappa shape index (κ3) is 4.45. The topological polar surface area (TPSA) is 86.3 Å². The Labute approximate surface area is 266 Å². The molecule has 5 heterocycles. The normalized spacial score (nSPS) is 23.3. The number of benzene rings is 3. The summed E-state index contributed by atoms with van der Waals surface area (Å²) in [5.74, 6) is -0.192. The minimum absolute atomic E-state index is 0.0563. The number of aryl methyl sites for hydroxylation is 2. The molecule has 236 valence electrons. The van der Waals surface area contributed by atoms with E-state index in [1.54, 1.807) is 6.07 Å². The molecule has 0 unspecified atom stereocenters. The lowest BCUT2D eigenvalue weighted by atomic mass is 9.79. The van der Waals surface area contributed by atoms with E-state index >= 15 is 4.39 Å². The second-order valence-electron chi connectivity index (χ2n) is 13.5. The van der Waals surface area contributed by atoms with Gasteiger partial charge in [0.2, 0.25) is 5.88 Å². The van der Waals surface area contributed by atoms with Gasteiger partial charge >= 0.3 is 0 Å². The van der Waals surface area contributed by atoms with Crippen LogP contribution < -0.4 is 10.1 Å². The van der Waals surface area contributed by atoms with Gasteiger partial charge in [0.1, 0.15) is 23.2 Å². The van der Waals surface area contributed by atoms with Gasteiger partial charge in [0.25, 0.3) is 0 Å². The molecule has 9 heteroatoms. The van der Waals surface area contributed by atoms with Crippen molar-refractivity contribution in [2.75, 3.05) is 20.1 Å². The van der Waals surface area contributed by atoms with E-state index < -0.39 is 11.6 Å². The fourth-order valence-electron chi connectivity index (χ4n) is 8.53. The van der Waals surface area contributed by atoms with Crippen LogP contribution in [-0.2, 0) is 6.42 Å². The number of fused-ring (bicyclic) bond motifs is 5. The molecule has 0 spiro atoms. The Morgan fingerprint density at radius 1 is 1.15 bits per heavy atom. The van der Waals surface area contributed by atoms with Gasteiger partial charge in [-0.1, -0.05) is 6.07 Å². The molecule has 5 aromatic rings. The molecule has 46 heavy (non-hydrogen) atoms. The summed E-state index contributed by atoms with van der Waals surface area (Å²) in [5.41, 5.74) is 3.32. The molecule has 3 aromatic carbocycles. The molecule has 9 rings (SSSR count). The van der Waals surface area contributed by atoms with Crippen molar-refractivity contribution in [2.24, 2.45) is 5.92 Å². The van der Waals surface area contributed by atoms with E-state index in [0.717, 1.165) is 48.9 Å². The summed E-state index contributed by atoms with van der Waals surface area (Å²) in [4.78, 5) is 7.24. The van der Waals surface area contributed by atoms with Gasteiger partial charge in [-0.2, -0.15) is 5.26 Å². The maximum Gasteiger partial charge on any atom is 0.223 e. The fraction of sp³-hybridized carbons (Fsp3) is 0.405. The number of likely N-dealkylation sites (N-methyl/N-ethyl adjacent to an activating group) is 1. The number of ether oxygens (including phenoxy) is 1. The minimum Gasteiger partial charge on any atom is -0.508 e. The summed E-state index contributed by atoms with van der Waals surface area (Å²) in [5, 5.41) is 26.5. The molecule has 2 bridgehead atoms. The van der Waals surface area contributed by atoms with Crippen molar-refractivity contribution in [3.05, 3.63) is 65.4 Å². The number of rotatable bonds is 7. The number of pyridine rings is 1. The van der Waals surface area contributed by atoms with Crippen LogP contribution in [0.1, 0.15) is 49.9 Å². The predicted molar refractivity (Wildman–Crippen MR) is 175 cm³/mol. The zero-order valence-corrected chi connectivity index (χ0v) is 26.3. The van der Waals surface area contributed by atoms with Gasteiger partial charge in [0.05, 0.1) is 23.0 Å². The first-order valence-electron chi connectivity index (χ1n) is 16.3. The molecule has 3 saturated heterocycles. The molecule has 7 nitrogen and oxygen atoms in total. The molecule has 0 amide bonds. The number of nitrogens with zero attached hydrogens (tertiary/aromatic N) is 4. The Hall–Kier alpha value is -4.26. The first-order chi connectivity index (χ1) is 22.2. The highest BCUT2D eigenvalue weighted by Crippen LogP contribution is 2.49. The molecule has 1 aliphatic carbocycles. The number of nitrogens with one attached hydrogen (secondary N) is 1. The number of likely N-dealkylation sites (tertiary alicyclic amines) is 1. The standard InChI is InChI=1S/C37H37F2N5O2/c1-19-12-29-36(44(19)35-23-15-30(35)41-18-23)28-14-22(6-4-10-40)32(27-17-25(45)13-21-8-9-24(38)16-26(21)27)33(39)34(28)42-37(29)46-20(2)31-7-5-11-43(31)3/h8-9,12-14,16-17,20,23,30-31,35,41,45H,4-7,11,15,18H2,1-3H3/t20-,23+,30+,31-,35-/m0/s1. The summed E-state index contributed by atoms with van der Waals surface area (Å²) in [7, 11) is 2.11. The molecule has 3 aliphatic heterocycles. The molecule has 4 aliphatic rings. The number of halogens is 2. The zero-order valence-electron chi connectivity index (χ0n) is 26.3. The van der Waals surface area contributed by atoms with Crippen LogP contribution in [0, 0.1) is 35.8 Å². The maximum absolute atomic E-state index is 17.4. The number of nitriles is 1. The van der Waals surface area contributed by atoms with Gasteiger partial charge < -0.3 is 19.7 Å². The van der Waals surface area contributed by atoms with E-state index in [-0.39, 0.29) is 47.9 Å². The number of aromatic nitrogens is 2. The second kappa shape index (κ2) is 10.9. The van der Waals surface area contributed by atoms with E-state index in [0.29, 0.717) is 45.1 Å². The lowest BCUT2D eigenvalue weighted by Crippen LogP contribution is -2.39. The van der Waals surface area contributed by atoms with Gasteiger partial charge in [0, 0.05) is 41.7 Å². The highest BCUT2D eigenvalue weighted by molar-refractivity contribution is 6.10. The van der Waals surface area contributed by atoms with Gasteiger partial charge in [-0.15, -0.1) is 0 Å². The van der Waals surface area contributed by atoms with Crippen molar-refractivity contribution in [1.29, 1.82) is 5.26 Å². The molecule has 2 N–H and O–H groups in total. The second-order valence-corrected chi connectivity index (χ2v) is 13.5. The smallest absolute Gasteiger partial charge is 0.223 e. The monoisotopic (exact) mass is 621 g/mol. The van der Waals surface area contributed by atoms with Gasteiger partial charge in [-0.05, 0) is 117 Å². The Balaban J connectivity index is 1.43. The first kappa shape index (κ1) is 29.2. The number of phenolic OH excluding ortho intramolecular Hbond substituents is 1. The van der Waals surface area contributed by atoms with Crippen molar-refractivity contribution in [2.45, 2.75) is 70.2 Å². The van der Waals surface area contributed by atoms with Crippen LogP contribution in [-0.4, -0.2) is 57.9 Å². The molecular formula is C37H37F2N5O2. The largest absolute Gasteiger partial charge is 0.508 e. The molecule has 1 saturated carbocycles. The summed E-state index contributed by atoms with van der Waals surface area (Å²) in [6, 6.07) is 14.4. The predicted octanol–water partition coefficient (Wildman–Crippen LogP) is 7.15. The lowest BCUT2D eigenvalue weighted by molar-refractivity contribution is 0.119. The average molecular weight is 622 g/mol. The number of aromatic hydroxyl groups is 1. The van der Waals surface area contributed by atoms with Crippen LogP contribution in [0.3, 0.4) is 0 Å². The number of hydrogen-bond acceptors (Lipinski definition) is 6. The maximum atomic E-state index is 17.4. The van der Waals surface area contributed by atoms with Crippen molar-refractivity contribution in [3.8, 4) is 28.8 Å². The SMILES string of the molecule is Cc1cc2c(O[C@@H](C)[C@@H]3CCCN3C)nc3c(F)c(-c4cc(O)cc5ccc(F)cc45)c(CCC#N)cc3c2n1[C@H]1[C@H]2CN[C@@H]1C2. The van der Waals surface area contributed by atoms with Crippen LogP contribution in [0.4, 0.5) is 8.78 Å². The third-order valence-corrected chi connectivity index (χ3v) is 10.7. The van der Waals surface area contributed by atoms with Crippen molar-refractivity contribution >= 4 is 32.6 Å². The lowest BCUT2D eigenvalue weighted by Gasteiger charge is -2.37. The Morgan fingerprint density at radius 3 is 2.72 bits per heavy atom. The Kier molecular flexibility index (Phi) is 6.93. The molecule has 2 aromatic heterocycles. The highest BCUT2D eigenvalue weighted by atomic mass is 19.1. The van der Waals surface area contributed by atoms with Crippen LogP contribution >= 0.6 is 0 Å². The number of hydrogen-bond donors (Lipinski definition) is 2. The molecule has 0 radical (unpaired) electrons. The summed E-state index contributed by atoms with van der Waals surface area (Å²) < 4.78 is 41.0. The quantitative estimate of drug-likeness (QED) is 0.201. The Morgan fingerprint density at radius 2 is 2.00 bits per heavy atom. The van der Waals surface area contributed by atoms with Crippen molar-refractivity contribution < 1.29 is 18.6 Å². The highest BCUT2D eigenvalue weighted by Gasteiger charge is 2.48. The molecule has 5 atom stereocenters. The fourth-order valence-corrected chi connectivity index (χ4v) is 8.53. The third-order valence-electron chi connectivity index (χ3n) is 10.7. The number of phenols is 1. The van der Waals surface area contributed by atoms with E-state index in [4.69, 9.17) is 9.72 Å². The van der Waals surface area contributed by atoms with Crippen LogP contribution in [0.25, 0.3) is 43.7 Å². The van der Waals surface area contributed by atoms with Crippen LogP contribution in [0.15, 0.2) is 42.5 Å². The van der Waals surface area contributed by atoms with Crippen LogP contribution in [0.2, 0.25) is 0 Å². The average Bonchev–Trinajstić information content (AvgIpc) is 3.82. The zero-order chi connectivity index (χ0) is 31.9. The van der Waals surface area contributed by atoms with Crippen LogP contribution in [0.5, 0.6) is 11.6 Å². The van der Waals surface area contributed by atoms with Gasteiger partial charge in [-0.25, -0.2) is 13.8 Å². The first-order valence-corrected chi connectivity index (χ1v) is 16.3. The van der Waals surface area contributed by atoms with Gasteiger partial charge in [0.15, 0.2) is 5.82 Å². The molecule has 4 fully saturated rings. The summed E-state index contributed by atoms with van der Waals surface area (Å²) in [6.45, 7) is 6.12. The van der Waals surface area contributed by atoms with E-state index in [1.165, 1.54) is 24.3 Å². The van der Waals surface area contributed by atoms with Gasteiger partial charge in [-0.3, -0.25) is 4.90 Å². The van der Waals surface area contributed by atoms with E-state index in [9.17, 15) is 14.8 Å². The van der Waals surface area contributed by atoms with Crippen molar-refractivity contribution in [3.63, 3.8) is 0 Å². The Bertz CT molecular complexity index is 2070. The molecular weight excluding hydrogens is 584 g/mol. The minimum atomic E-state index is -0.570. The van der Waals surface area contributed by atoms with E-state index in [2.05, 4.69) is 47.8 Å².